The van der Waals surface area contributed by atoms with Gasteiger partial charge in [0.15, 0.2) is 0 Å². The van der Waals surface area contributed by atoms with Crippen LogP contribution in [0.15, 0.2) is 0 Å². The molecule has 1 atom stereocenters. The Hall–Kier alpha value is -1.77. The van der Waals surface area contributed by atoms with Gasteiger partial charge in [-0.05, 0) is 18.9 Å². The van der Waals surface area contributed by atoms with Crippen LogP contribution in [0.1, 0.15) is 26.2 Å². The summed E-state index contributed by atoms with van der Waals surface area (Å²) in [5.41, 5.74) is 5.32. The van der Waals surface area contributed by atoms with Crippen LogP contribution in [0.2, 0.25) is 0 Å². The van der Waals surface area contributed by atoms with Gasteiger partial charge in [-0.1, -0.05) is 6.92 Å². The number of hydrogen-bond donors (Lipinski definition) is 3. The summed E-state index contributed by atoms with van der Waals surface area (Å²) in [6.07, 6.45) is 0.783. The van der Waals surface area contributed by atoms with Gasteiger partial charge >= 0.3 is 0 Å². The number of halogens is 2. The molecule has 9 heteroatoms. The van der Waals surface area contributed by atoms with Crippen LogP contribution in [0, 0.1) is 5.41 Å². The molecule has 0 spiro atoms. The van der Waals surface area contributed by atoms with Crippen molar-refractivity contribution in [3.05, 3.63) is 0 Å². The molecular formula is C14H23F2N7. The minimum Gasteiger partial charge on any atom is -0.368 e. The van der Waals surface area contributed by atoms with E-state index in [2.05, 4.69) is 25.6 Å². The maximum atomic E-state index is 13.1. The lowest BCUT2D eigenvalue weighted by Gasteiger charge is -2.44. The summed E-state index contributed by atoms with van der Waals surface area (Å²) >= 11 is 0. The van der Waals surface area contributed by atoms with E-state index in [-0.39, 0.29) is 18.8 Å². The molecule has 0 bridgehead atoms. The van der Waals surface area contributed by atoms with E-state index >= 15 is 0 Å². The topological polar surface area (TPSA) is 92.0 Å². The van der Waals surface area contributed by atoms with Gasteiger partial charge in [0.1, 0.15) is 0 Å². The standard InChI is InChI=1S/C14H23F2N7/c1-13(6-14(15,16)7-13)8-19-11-20-10(17)21-12(22-11)23-4-3-9(5-23)18-2/h9,18H,3-8H2,1-2H3,(H3,17,19,20,21,22)/t9-/m1/s1. The first-order valence-electron chi connectivity index (χ1n) is 7.84. The van der Waals surface area contributed by atoms with Gasteiger partial charge in [-0.15, -0.1) is 0 Å². The normalized spacial score (nSPS) is 25.2. The van der Waals surface area contributed by atoms with Gasteiger partial charge in [0.2, 0.25) is 23.8 Å². The van der Waals surface area contributed by atoms with Crippen LogP contribution in [0.5, 0.6) is 0 Å². The molecule has 7 nitrogen and oxygen atoms in total. The summed E-state index contributed by atoms with van der Waals surface area (Å²) in [7, 11) is 1.93. The number of nitrogens with two attached hydrogens (primary N) is 1. The number of nitrogen functional groups attached to an aromatic ring is 1. The fourth-order valence-corrected chi connectivity index (χ4v) is 3.39. The van der Waals surface area contributed by atoms with Crippen molar-refractivity contribution in [3.8, 4) is 0 Å². The third kappa shape index (κ3) is 3.60. The summed E-state index contributed by atoms with van der Waals surface area (Å²) in [6, 6.07) is 0.403. The molecule has 0 radical (unpaired) electrons. The lowest BCUT2D eigenvalue weighted by molar-refractivity contribution is -0.148. The van der Waals surface area contributed by atoms with Crippen LogP contribution < -0.4 is 21.3 Å². The Morgan fingerprint density at radius 1 is 1.30 bits per heavy atom. The molecule has 0 unspecified atom stereocenters. The molecule has 2 heterocycles. The van der Waals surface area contributed by atoms with Crippen LogP contribution in [-0.2, 0) is 0 Å². The quantitative estimate of drug-likeness (QED) is 0.746. The molecule has 0 aromatic carbocycles. The van der Waals surface area contributed by atoms with E-state index in [1.54, 1.807) is 0 Å². The lowest BCUT2D eigenvalue weighted by Crippen LogP contribution is -2.48. The molecule has 1 aliphatic carbocycles. The highest BCUT2D eigenvalue weighted by atomic mass is 19.3. The van der Waals surface area contributed by atoms with E-state index in [0.717, 1.165) is 19.5 Å². The SMILES string of the molecule is CN[C@@H]1CCN(c2nc(N)nc(NCC3(C)CC(F)(F)C3)n2)C1. The predicted octanol–water partition coefficient (Wildman–Crippen LogP) is 1.10. The molecule has 3 rings (SSSR count). The molecule has 2 fully saturated rings. The van der Waals surface area contributed by atoms with Crippen molar-refractivity contribution in [2.45, 2.75) is 38.2 Å². The van der Waals surface area contributed by atoms with Crippen LogP contribution in [0.3, 0.4) is 0 Å². The molecular weight excluding hydrogens is 304 g/mol. The summed E-state index contributed by atoms with van der Waals surface area (Å²) in [6.45, 7) is 3.88. The highest BCUT2D eigenvalue weighted by molar-refractivity contribution is 5.43. The number of anilines is 3. The van der Waals surface area contributed by atoms with Crippen LogP contribution in [0.4, 0.5) is 26.6 Å². The first kappa shape index (κ1) is 16.1. The molecule has 2 aliphatic rings. The number of aromatic nitrogens is 3. The summed E-state index contributed by atoms with van der Waals surface area (Å²) in [4.78, 5) is 14.7. The molecule has 23 heavy (non-hydrogen) atoms. The Kier molecular flexibility index (Phi) is 3.99. The second kappa shape index (κ2) is 5.70. The van der Waals surface area contributed by atoms with Gasteiger partial charge in [-0.3, -0.25) is 0 Å². The molecule has 1 aromatic rings. The summed E-state index contributed by atoms with van der Waals surface area (Å²) in [5, 5.41) is 6.27. The van der Waals surface area contributed by atoms with Gasteiger partial charge in [0, 0.05) is 38.5 Å². The highest BCUT2D eigenvalue weighted by Gasteiger charge is 2.53. The van der Waals surface area contributed by atoms with Crippen LogP contribution in [-0.4, -0.2) is 53.6 Å². The molecule has 4 N–H and O–H groups in total. The molecule has 128 valence electrons. The summed E-state index contributed by atoms with van der Waals surface area (Å²) < 4.78 is 26.1. The Morgan fingerprint density at radius 3 is 2.65 bits per heavy atom. The first-order chi connectivity index (χ1) is 10.8. The van der Waals surface area contributed by atoms with Gasteiger partial charge < -0.3 is 21.3 Å². The first-order valence-corrected chi connectivity index (χ1v) is 7.84. The molecule has 1 saturated heterocycles. The van der Waals surface area contributed by atoms with Gasteiger partial charge in [-0.2, -0.15) is 15.0 Å². The molecule has 1 aromatic heterocycles. The maximum absolute atomic E-state index is 13.1. The number of likely N-dealkylation sites (N-methyl/N-ethyl adjacent to an activating group) is 1. The second-order valence-corrected chi connectivity index (χ2v) is 6.91. The zero-order chi connectivity index (χ0) is 16.7. The largest absolute Gasteiger partial charge is 0.368 e. The van der Waals surface area contributed by atoms with Crippen molar-refractivity contribution >= 4 is 17.8 Å². The van der Waals surface area contributed by atoms with Crippen molar-refractivity contribution in [1.82, 2.24) is 20.3 Å². The third-order valence-corrected chi connectivity index (χ3v) is 4.56. The van der Waals surface area contributed by atoms with Gasteiger partial charge in [-0.25, -0.2) is 8.78 Å². The fourth-order valence-electron chi connectivity index (χ4n) is 3.39. The van der Waals surface area contributed by atoms with E-state index in [9.17, 15) is 8.78 Å². The second-order valence-electron chi connectivity index (χ2n) is 6.91. The monoisotopic (exact) mass is 327 g/mol. The predicted molar refractivity (Wildman–Crippen MR) is 84.7 cm³/mol. The molecule has 0 amide bonds. The Morgan fingerprint density at radius 2 is 2.04 bits per heavy atom. The average molecular weight is 327 g/mol. The minimum absolute atomic E-state index is 0.115. The number of rotatable bonds is 5. The van der Waals surface area contributed by atoms with Gasteiger partial charge in [0.05, 0.1) is 0 Å². The smallest absolute Gasteiger partial charge is 0.249 e. The lowest BCUT2D eigenvalue weighted by atomic mass is 9.67. The maximum Gasteiger partial charge on any atom is 0.249 e. The number of nitrogens with zero attached hydrogens (tertiary/aromatic N) is 4. The molecule has 1 aliphatic heterocycles. The third-order valence-electron chi connectivity index (χ3n) is 4.56. The van der Waals surface area contributed by atoms with E-state index in [1.807, 2.05) is 18.9 Å². The van der Waals surface area contributed by atoms with Crippen molar-refractivity contribution in [3.63, 3.8) is 0 Å². The van der Waals surface area contributed by atoms with E-state index in [0.29, 0.717) is 24.5 Å². The number of alkyl halides is 2. The van der Waals surface area contributed by atoms with E-state index in [4.69, 9.17) is 5.73 Å². The van der Waals surface area contributed by atoms with E-state index < -0.39 is 11.3 Å². The van der Waals surface area contributed by atoms with E-state index in [1.165, 1.54) is 0 Å². The van der Waals surface area contributed by atoms with Crippen molar-refractivity contribution < 1.29 is 8.78 Å². The fraction of sp³-hybridized carbons (Fsp3) is 0.786. The average Bonchev–Trinajstić information content (AvgIpc) is 2.91. The Balaban J connectivity index is 1.64. The Bertz CT molecular complexity index is 572. The Labute approximate surface area is 134 Å². The van der Waals surface area contributed by atoms with Crippen LogP contribution >= 0.6 is 0 Å². The zero-order valence-electron chi connectivity index (χ0n) is 13.4. The number of hydrogen-bond acceptors (Lipinski definition) is 7. The highest BCUT2D eigenvalue weighted by Crippen LogP contribution is 2.51. The van der Waals surface area contributed by atoms with Gasteiger partial charge in [0.25, 0.3) is 0 Å². The van der Waals surface area contributed by atoms with Crippen molar-refractivity contribution in [2.75, 3.05) is 42.6 Å². The van der Waals surface area contributed by atoms with Crippen molar-refractivity contribution in [1.29, 1.82) is 0 Å². The number of nitrogens with one attached hydrogen (secondary N) is 2. The minimum atomic E-state index is -2.54. The summed E-state index contributed by atoms with van der Waals surface area (Å²) in [5.74, 6) is -1.54. The van der Waals surface area contributed by atoms with Crippen molar-refractivity contribution in [2.24, 2.45) is 5.41 Å². The van der Waals surface area contributed by atoms with Crippen LogP contribution in [0.25, 0.3) is 0 Å². The zero-order valence-corrected chi connectivity index (χ0v) is 13.4. The molecule has 1 saturated carbocycles.